The first kappa shape index (κ1) is 12.4. The van der Waals surface area contributed by atoms with E-state index >= 15 is 0 Å². The maximum Gasteiger partial charge on any atom is 0.339 e. The minimum atomic E-state index is -0.341. The predicted molar refractivity (Wildman–Crippen MR) is 77.6 cm³/mol. The molecule has 98 valence electrons. The van der Waals surface area contributed by atoms with Gasteiger partial charge in [-0.25, -0.2) is 4.79 Å². The Labute approximate surface area is 117 Å². The molecule has 0 bridgehead atoms. The third kappa shape index (κ3) is 2.03. The van der Waals surface area contributed by atoms with Gasteiger partial charge in [0.2, 0.25) is 0 Å². The monoisotopic (exact) mass is 263 g/mol. The molecular weight excluding hydrogens is 250 g/mol. The van der Waals surface area contributed by atoms with Gasteiger partial charge in [0, 0.05) is 11.8 Å². The molecule has 0 aliphatic heterocycles. The molecule has 1 heterocycles. The standard InChI is InChI=1S/C17H13NO2/c1-20-17(19)16-13-8-4-2-3-7-12(13)11-14(16)15-9-5-6-10-18-15/h2-11H,1H3. The van der Waals surface area contributed by atoms with Gasteiger partial charge in [-0.1, -0.05) is 36.4 Å². The van der Waals surface area contributed by atoms with E-state index in [1.165, 1.54) is 7.11 Å². The van der Waals surface area contributed by atoms with Gasteiger partial charge in [-0.3, -0.25) is 4.98 Å². The average Bonchev–Trinajstić information content (AvgIpc) is 2.70. The molecule has 0 radical (unpaired) electrons. The molecule has 0 aromatic carbocycles. The van der Waals surface area contributed by atoms with Gasteiger partial charge in [0.05, 0.1) is 18.4 Å². The van der Waals surface area contributed by atoms with Crippen molar-refractivity contribution in [1.29, 1.82) is 0 Å². The molecule has 3 rings (SSSR count). The largest absolute Gasteiger partial charge is 0.465 e. The van der Waals surface area contributed by atoms with E-state index in [0.717, 1.165) is 22.4 Å². The molecule has 0 amide bonds. The number of rotatable bonds is 2. The van der Waals surface area contributed by atoms with Gasteiger partial charge in [-0.2, -0.15) is 0 Å². The van der Waals surface area contributed by atoms with Crippen LogP contribution in [0.5, 0.6) is 0 Å². The van der Waals surface area contributed by atoms with Crippen molar-refractivity contribution in [3.63, 3.8) is 0 Å². The Morgan fingerprint density at radius 2 is 1.80 bits per heavy atom. The number of hydrogen-bond donors (Lipinski definition) is 0. The molecule has 3 nitrogen and oxygen atoms in total. The summed E-state index contributed by atoms with van der Waals surface area (Å²) in [6.07, 6.45) is 1.72. The lowest BCUT2D eigenvalue weighted by Crippen LogP contribution is -2.02. The van der Waals surface area contributed by atoms with Gasteiger partial charge in [0.15, 0.2) is 0 Å². The van der Waals surface area contributed by atoms with Crippen LogP contribution in [-0.4, -0.2) is 18.1 Å². The van der Waals surface area contributed by atoms with Gasteiger partial charge in [-0.05, 0) is 29.3 Å². The molecule has 0 fully saturated rings. The lowest BCUT2D eigenvalue weighted by molar-refractivity contribution is 0.0603. The van der Waals surface area contributed by atoms with E-state index in [9.17, 15) is 4.79 Å². The zero-order chi connectivity index (χ0) is 13.9. The second-order valence-electron chi connectivity index (χ2n) is 4.42. The number of carbonyl (C=O) groups excluding carboxylic acids is 1. The average molecular weight is 263 g/mol. The first-order chi connectivity index (χ1) is 9.81. The molecule has 0 saturated carbocycles. The van der Waals surface area contributed by atoms with Crippen molar-refractivity contribution < 1.29 is 9.53 Å². The van der Waals surface area contributed by atoms with E-state index in [1.807, 2.05) is 54.6 Å². The van der Waals surface area contributed by atoms with Gasteiger partial charge in [0.25, 0.3) is 0 Å². The second-order valence-corrected chi connectivity index (χ2v) is 4.42. The fourth-order valence-electron chi connectivity index (χ4n) is 2.33. The van der Waals surface area contributed by atoms with Crippen LogP contribution in [0.15, 0.2) is 60.8 Å². The summed E-state index contributed by atoms with van der Waals surface area (Å²) in [6.45, 7) is 0. The highest BCUT2D eigenvalue weighted by Crippen LogP contribution is 2.36. The SMILES string of the molecule is COC(=O)c1c2cccccc-2cc1-c1ccccn1. The summed E-state index contributed by atoms with van der Waals surface area (Å²) in [7, 11) is 1.40. The second kappa shape index (κ2) is 5.13. The summed E-state index contributed by atoms with van der Waals surface area (Å²) in [6, 6.07) is 17.3. The number of pyridine rings is 1. The third-order valence-electron chi connectivity index (χ3n) is 3.24. The topological polar surface area (TPSA) is 39.2 Å². The van der Waals surface area contributed by atoms with E-state index in [0.29, 0.717) is 5.56 Å². The van der Waals surface area contributed by atoms with Gasteiger partial charge < -0.3 is 4.74 Å². The molecule has 3 heteroatoms. The van der Waals surface area contributed by atoms with Crippen LogP contribution in [0.4, 0.5) is 0 Å². The molecule has 0 saturated heterocycles. The summed E-state index contributed by atoms with van der Waals surface area (Å²) < 4.78 is 4.93. The number of aromatic nitrogens is 1. The summed E-state index contributed by atoms with van der Waals surface area (Å²) >= 11 is 0. The van der Waals surface area contributed by atoms with Crippen LogP contribution < -0.4 is 0 Å². The molecule has 1 aromatic heterocycles. The van der Waals surface area contributed by atoms with Crippen LogP contribution in [0.25, 0.3) is 22.4 Å². The Morgan fingerprint density at radius 1 is 1.00 bits per heavy atom. The number of carbonyl (C=O) groups is 1. The predicted octanol–water partition coefficient (Wildman–Crippen LogP) is 3.64. The highest BCUT2D eigenvalue weighted by molar-refractivity contribution is 6.06. The molecule has 0 unspecified atom stereocenters. The van der Waals surface area contributed by atoms with Gasteiger partial charge in [-0.15, -0.1) is 0 Å². The van der Waals surface area contributed by atoms with Crippen molar-refractivity contribution in [3.05, 3.63) is 66.4 Å². The maximum absolute atomic E-state index is 12.1. The first-order valence-corrected chi connectivity index (χ1v) is 6.33. The lowest BCUT2D eigenvalue weighted by atomic mass is 10.1. The summed E-state index contributed by atoms with van der Waals surface area (Å²) in [5, 5.41) is 0. The Hall–Kier alpha value is -2.68. The highest BCUT2D eigenvalue weighted by atomic mass is 16.5. The summed E-state index contributed by atoms with van der Waals surface area (Å²) in [4.78, 5) is 16.5. The zero-order valence-electron chi connectivity index (χ0n) is 11.0. The van der Waals surface area contributed by atoms with E-state index in [4.69, 9.17) is 4.74 Å². The molecule has 1 aromatic rings. The third-order valence-corrected chi connectivity index (χ3v) is 3.24. The van der Waals surface area contributed by atoms with E-state index in [-0.39, 0.29) is 5.97 Å². The van der Waals surface area contributed by atoms with Crippen LogP contribution in [0.2, 0.25) is 0 Å². The number of nitrogens with zero attached hydrogens (tertiary/aromatic N) is 1. The molecule has 20 heavy (non-hydrogen) atoms. The fraction of sp³-hybridized carbons (Fsp3) is 0.0588. The van der Waals surface area contributed by atoms with Crippen molar-refractivity contribution in [3.8, 4) is 22.4 Å². The minimum Gasteiger partial charge on any atom is -0.465 e. The number of methoxy groups -OCH3 is 1. The normalized spacial score (nSPS) is 10.4. The summed E-state index contributed by atoms with van der Waals surface area (Å²) in [5.74, 6) is -0.341. The molecule has 2 aliphatic carbocycles. The van der Waals surface area contributed by atoms with E-state index in [1.54, 1.807) is 6.20 Å². The number of ether oxygens (including phenoxy) is 1. The van der Waals surface area contributed by atoms with Gasteiger partial charge in [0.1, 0.15) is 0 Å². The van der Waals surface area contributed by atoms with Crippen molar-refractivity contribution >= 4 is 5.97 Å². The smallest absolute Gasteiger partial charge is 0.339 e. The summed E-state index contributed by atoms with van der Waals surface area (Å²) in [5.41, 5.74) is 4.02. The van der Waals surface area contributed by atoms with Crippen LogP contribution in [-0.2, 0) is 4.74 Å². The highest BCUT2D eigenvalue weighted by Gasteiger charge is 2.23. The van der Waals surface area contributed by atoms with Crippen LogP contribution in [0.1, 0.15) is 10.4 Å². The van der Waals surface area contributed by atoms with Crippen LogP contribution in [0.3, 0.4) is 0 Å². The van der Waals surface area contributed by atoms with E-state index < -0.39 is 0 Å². The van der Waals surface area contributed by atoms with Crippen molar-refractivity contribution in [2.45, 2.75) is 0 Å². The van der Waals surface area contributed by atoms with Crippen LogP contribution >= 0.6 is 0 Å². The Bertz CT molecular complexity index is 722. The molecule has 0 N–H and O–H groups in total. The molecule has 0 spiro atoms. The Kier molecular flexibility index (Phi) is 3.17. The van der Waals surface area contributed by atoms with Crippen LogP contribution in [0, 0.1) is 0 Å². The number of hydrogen-bond acceptors (Lipinski definition) is 3. The molecule has 2 aliphatic rings. The number of esters is 1. The maximum atomic E-state index is 12.1. The zero-order valence-corrected chi connectivity index (χ0v) is 11.0. The molecular formula is C17H13NO2. The Morgan fingerprint density at radius 3 is 2.55 bits per heavy atom. The molecule has 0 atom stereocenters. The quantitative estimate of drug-likeness (QED) is 0.663. The number of fused-ring (bicyclic) bond motifs is 1. The fourth-order valence-corrected chi connectivity index (χ4v) is 2.33. The lowest BCUT2D eigenvalue weighted by Gasteiger charge is -2.03. The Balaban J connectivity index is 2.31. The first-order valence-electron chi connectivity index (χ1n) is 6.33. The van der Waals surface area contributed by atoms with E-state index in [2.05, 4.69) is 4.98 Å². The minimum absolute atomic E-state index is 0.341. The van der Waals surface area contributed by atoms with Crippen molar-refractivity contribution in [2.75, 3.05) is 7.11 Å². The van der Waals surface area contributed by atoms with Gasteiger partial charge >= 0.3 is 5.97 Å². The van der Waals surface area contributed by atoms with Crippen molar-refractivity contribution in [2.24, 2.45) is 0 Å². The van der Waals surface area contributed by atoms with Crippen molar-refractivity contribution in [1.82, 2.24) is 4.98 Å².